The third kappa shape index (κ3) is 4.96. The summed E-state index contributed by atoms with van der Waals surface area (Å²) in [5.74, 6) is 1.42. The van der Waals surface area contributed by atoms with E-state index in [1.165, 1.54) is 6.33 Å². The average molecular weight is 471 g/mol. The van der Waals surface area contributed by atoms with E-state index >= 15 is 0 Å². The van der Waals surface area contributed by atoms with Crippen LogP contribution in [0.25, 0.3) is 0 Å². The number of nitrogen functional groups attached to an aromatic ring is 1. The van der Waals surface area contributed by atoms with Crippen LogP contribution < -0.4 is 15.8 Å². The van der Waals surface area contributed by atoms with E-state index in [-0.39, 0.29) is 35.8 Å². The van der Waals surface area contributed by atoms with Crippen molar-refractivity contribution in [2.45, 2.75) is 43.5 Å². The third-order valence-corrected chi connectivity index (χ3v) is 5.84. The van der Waals surface area contributed by atoms with Gasteiger partial charge in [0.15, 0.2) is 5.60 Å². The Kier molecular flexibility index (Phi) is 6.43. The number of nitrogens with zero attached hydrogens (tertiary/aromatic N) is 2. The van der Waals surface area contributed by atoms with Crippen molar-refractivity contribution in [1.29, 1.82) is 5.41 Å². The highest BCUT2D eigenvalue weighted by Gasteiger charge is 2.55. The zero-order chi connectivity index (χ0) is 24.3. The van der Waals surface area contributed by atoms with Crippen molar-refractivity contribution in [1.82, 2.24) is 9.97 Å². The number of nitrogens with two attached hydrogens (primary N) is 1. The maximum atomic E-state index is 13.3. The van der Waals surface area contributed by atoms with E-state index in [0.717, 1.165) is 0 Å². The molecule has 1 aromatic heterocycles. The summed E-state index contributed by atoms with van der Waals surface area (Å²) >= 11 is 0. The molecule has 1 heterocycles. The second kappa shape index (κ2) is 9.30. The first-order valence-corrected chi connectivity index (χ1v) is 10.7. The fourth-order valence-electron chi connectivity index (χ4n) is 4.04. The van der Waals surface area contributed by atoms with Gasteiger partial charge in [0.2, 0.25) is 0 Å². The SMILES string of the molecule is N=C(c1ccc(Oc2ccccc2)cc1)c1c(N)ncnc1N[C@@H]1CCCC(O)(C(F)(F)F)C1. The van der Waals surface area contributed by atoms with Crippen molar-refractivity contribution in [3.8, 4) is 11.5 Å². The number of ether oxygens (including phenoxy) is 1. The lowest BCUT2D eigenvalue weighted by Gasteiger charge is -2.38. The first kappa shape index (κ1) is 23.5. The van der Waals surface area contributed by atoms with Gasteiger partial charge < -0.3 is 20.9 Å². The quantitative estimate of drug-likeness (QED) is 0.379. The zero-order valence-electron chi connectivity index (χ0n) is 18.1. The van der Waals surface area contributed by atoms with Crippen LogP contribution in [-0.4, -0.2) is 38.6 Å². The second-order valence-corrected chi connectivity index (χ2v) is 8.26. The van der Waals surface area contributed by atoms with Crippen LogP contribution in [0.3, 0.4) is 0 Å². The molecule has 178 valence electrons. The minimum Gasteiger partial charge on any atom is -0.457 e. The van der Waals surface area contributed by atoms with Crippen LogP contribution in [0.4, 0.5) is 24.8 Å². The van der Waals surface area contributed by atoms with Gasteiger partial charge in [-0.2, -0.15) is 13.2 Å². The topological polar surface area (TPSA) is 117 Å². The molecule has 5 N–H and O–H groups in total. The molecule has 0 saturated heterocycles. The number of benzene rings is 2. The highest BCUT2D eigenvalue weighted by atomic mass is 19.4. The Morgan fingerprint density at radius 2 is 1.76 bits per heavy atom. The highest BCUT2D eigenvalue weighted by Crippen LogP contribution is 2.42. The maximum absolute atomic E-state index is 13.3. The second-order valence-electron chi connectivity index (χ2n) is 8.26. The first-order valence-electron chi connectivity index (χ1n) is 10.7. The summed E-state index contributed by atoms with van der Waals surface area (Å²) in [5, 5.41) is 21.7. The van der Waals surface area contributed by atoms with Gasteiger partial charge >= 0.3 is 6.18 Å². The van der Waals surface area contributed by atoms with Gasteiger partial charge in [0.1, 0.15) is 29.5 Å². The smallest absolute Gasteiger partial charge is 0.417 e. The lowest BCUT2D eigenvalue weighted by atomic mass is 9.81. The Balaban J connectivity index is 1.54. The number of halogens is 3. The molecule has 2 atom stereocenters. The van der Waals surface area contributed by atoms with Gasteiger partial charge in [0.05, 0.1) is 11.3 Å². The Hall–Kier alpha value is -3.66. The number of rotatable bonds is 6. The number of aromatic nitrogens is 2. The van der Waals surface area contributed by atoms with Crippen molar-refractivity contribution in [2.24, 2.45) is 0 Å². The summed E-state index contributed by atoms with van der Waals surface area (Å²) < 4.78 is 45.8. The lowest BCUT2D eigenvalue weighted by molar-refractivity contribution is -0.270. The molecule has 34 heavy (non-hydrogen) atoms. The van der Waals surface area contributed by atoms with Gasteiger partial charge in [0, 0.05) is 18.0 Å². The molecule has 1 fully saturated rings. The van der Waals surface area contributed by atoms with Crippen molar-refractivity contribution in [3.63, 3.8) is 0 Å². The molecule has 0 bridgehead atoms. The predicted molar refractivity (Wildman–Crippen MR) is 122 cm³/mol. The van der Waals surface area contributed by atoms with Crippen molar-refractivity contribution >= 4 is 17.3 Å². The summed E-state index contributed by atoms with van der Waals surface area (Å²) in [5.41, 5.74) is 3.96. The Bertz CT molecular complexity index is 1160. The molecule has 0 amide bonds. The predicted octanol–water partition coefficient (Wildman–Crippen LogP) is 4.92. The number of hydrogen-bond donors (Lipinski definition) is 4. The molecule has 0 spiro atoms. The van der Waals surface area contributed by atoms with Crippen molar-refractivity contribution in [2.75, 3.05) is 11.1 Å². The molecule has 1 unspecified atom stereocenters. The fourth-order valence-corrected chi connectivity index (χ4v) is 4.04. The normalized spacial score (nSPS) is 20.5. The van der Waals surface area contributed by atoms with E-state index in [1.807, 2.05) is 30.3 Å². The van der Waals surface area contributed by atoms with Crippen LogP contribution in [0, 0.1) is 5.41 Å². The minimum absolute atomic E-state index is 0.00811. The summed E-state index contributed by atoms with van der Waals surface area (Å²) in [7, 11) is 0. The number of para-hydroxylation sites is 1. The van der Waals surface area contributed by atoms with Crippen molar-refractivity contribution < 1.29 is 23.0 Å². The van der Waals surface area contributed by atoms with Crippen molar-refractivity contribution in [3.05, 3.63) is 72.1 Å². The molecule has 1 aliphatic carbocycles. The van der Waals surface area contributed by atoms with Crippen LogP contribution in [0.5, 0.6) is 11.5 Å². The molecule has 1 saturated carbocycles. The average Bonchev–Trinajstić information content (AvgIpc) is 2.79. The van der Waals surface area contributed by atoms with Crippen LogP contribution in [-0.2, 0) is 0 Å². The number of hydrogen-bond acceptors (Lipinski definition) is 7. The molecule has 10 heteroatoms. The molecular weight excluding hydrogens is 447 g/mol. The van der Waals surface area contributed by atoms with Gasteiger partial charge in [-0.1, -0.05) is 18.2 Å². The Labute approximate surface area is 194 Å². The van der Waals surface area contributed by atoms with Crippen LogP contribution >= 0.6 is 0 Å². The standard InChI is InChI=1S/C24H24F3N5O2/c25-24(26,27)23(33)12-4-5-16(13-23)32-22-19(21(29)30-14-31-22)20(28)15-8-10-18(11-9-15)34-17-6-2-1-3-7-17/h1-3,6-11,14,16,28,33H,4-5,12-13H2,(H3,29,30,31,32)/t16-,23?/m1/s1. The van der Waals surface area contributed by atoms with E-state index in [1.54, 1.807) is 24.3 Å². The number of anilines is 2. The summed E-state index contributed by atoms with van der Waals surface area (Å²) in [6.45, 7) is 0. The number of aliphatic hydroxyl groups is 1. The van der Waals surface area contributed by atoms with Gasteiger partial charge in [-0.3, -0.25) is 5.41 Å². The fraction of sp³-hybridized carbons (Fsp3) is 0.292. The summed E-state index contributed by atoms with van der Waals surface area (Å²) in [4.78, 5) is 8.09. The first-order chi connectivity index (χ1) is 16.2. The number of nitrogens with one attached hydrogen (secondary N) is 2. The molecule has 0 radical (unpaired) electrons. The van der Waals surface area contributed by atoms with Crippen LogP contribution in [0.15, 0.2) is 60.9 Å². The largest absolute Gasteiger partial charge is 0.457 e. The number of alkyl halides is 3. The van der Waals surface area contributed by atoms with Crippen LogP contribution in [0.1, 0.15) is 36.8 Å². The van der Waals surface area contributed by atoms with Gasteiger partial charge in [-0.05, 0) is 55.7 Å². The minimum atomic E-state index is -4.73. The molecule has 7 nitrogen and oxygen atoms in total. The maximum Gasteiger partial charge on any atom is 0.417 e. The van der Waals surface area contributed by atoms with Crippen LogP contribution in [0.2, 0.25) is 0 Å². The Morgan fingerprint density at radius 1 is 1.09 bits per heavy atom. The van der Waals surface area contributed by atoms with E-state index in [9.17, 15) is 18.3 Å². The summed E-state index contributed by atoms with van der Waals surface area (Å²) in [6.07, 6.45) is -3.79. The zero-order valence-corrected chi connectivity index (χ0v) is 18.1. The molecule has 1 aliphatic rings. The van der Waals surface area contributed by atoms with Gasteiger partial charge in [-0.15, -0.1) is 0 Å². The molecule has 0 aliphatic heterocycles. The molecule has 2 aromatic carbocycles. The van der Waals surface area contributed by atoms with E-state index in [0.29, 0.717) is 23.5 Å². The monoisotopic (exact) mass is 471 g/mol. The molecular formula is C24H24F3N5O2. The Morgan fingerprint density at radius 3 is 2.44 bits per heavy atom. The van der Waals surface area contributed by atoms with E-state index in [2.05, 4.69) is 15.3 Å². The van der Waals surface area contributed by atoms with E-state index in [4.69, 9.17) is 15.9 Å². The molecule has 4 rings (SSSR count). The third-order valence-electron chi connectivity index (χ3n) is 5.84. The van der Waals surface area contributed by atoms with Gasteiger partial charge in [-0.25, -0.2) is 9.97 Å². The van der Waals surface area contributed by atoms with Gasteiger partial charge in [0.25, 0.3) is 0 Å². The summed E-state index contributed by atoms with van der Waals surface area (Å²) in [6, 6.07) is 15.3. The highest BCUT2D eigenvalue weighted by molar-refractivity contribution is 6.16. The molecule has 3 aromatic rings. The lowest BCUT2D eigenvalue weighted by Crippen LogP contribution is -2.51. The van der Waals surface area contributed by atoms with E-state index < -0.39 is 24.2 Å².